The third kappa shape index (κ3) is 3.75. The highest BCUT2D eigenvalue weighted by molar-refractivity contribution is 6.30. The van der Waals surface area contributed by atoms with Crippen molar-refractivity contribution in [2.45, 2.75) is 12.5 Å². The van der Waals surface area contributed by atoms with Crippen LogP contribution >= 0.6 is 11.6 Å². The Bertz CT molecular complexity index is 1490. The van der Waals surface area contributed by atoms with Crippen LogP contribution in [0.1, 0.15) is 22.7 Å². The second-order valence-electron chi connectivity index (χ2n) is 8.29. The van der Waals surface area contributed by atoms with E-state index >= 15 is 0 Å². The van der Waals surface area contributed by atoms with Gasteiger partial charge in [-0.1, -0.05) is 23.7 Å². The SMILES string of the molecule is O=C(O)COc1ccc(Cl)cc1C1c2ccc(F)c(F)c2CC[N@@+]1(C(=O)O)c1nc2ccccc2o1. The zero-order valence-corrected chi connectivity index (χ0v) is 19.2. The minimum atomic E-state index is -1.37. The molecule has 2 N–H and O–H groups in total. The molecule has 0 saturated heterocycles. The van der Waals surface area contributed by atoms with E-state index in [1.807, 2.05) is 0 Å². The summed E-state index contributed by atoms with van der Waals surface area (Å²) < 4.78 is 39.5. The van der Waals surface area contributed by atoms with Gasteiger partial charge in [-0.15, -0.1) is 4.48 Å². The molecule has 36 heavy (non-hydrogen) atoms. The van der Waals surface area contributed by atoms with Crippen molar-refractivity contribution >= 4 is 40.8 Å². The Morgan fingerprint density at radius 2 is 1.89 bits per heavy atom. The fourth-order valence-electron chi connectivity index (χ4n) is 4.71. The predicted octanol–water partition coefficient (Wildman–Crippen LogP) is 5.55. The molecular weight excluding hydrogens is 498 g/mol. The van der Waals surface area contributed by atoms with E-state index in [1.165, 1.54) is 24.3 Å². The highest BCUT2D eigenvalue weighted by Gasteiger charge is 2.57. The van der Waals surface area contributed by atoms with Crippen molar-refractivity contribution in [3.05, 3.63) is 87.9 Å². The second kappa shape index (κ2) is 8.89. The number of ether oxygens (including phenoxy) is 1. The minimum Gasteiger partial charge on any atom is -0.481 e. The smallest absolute Gasteiger partial charge is 0.481 e. The first-order valence-electron chi connectivity index (χ1n) is 10.8. The molecule has 0 spiro atoms. The molecular formula is C25H18ClF2N2O6+. The lowest BCUT2D eigenvalue weighted by Gasteiger charge is -2.40. The molecule has 184 valence electrons. The minimum absolute atomic E-state index is 0.00438. The molecule has 1 unspecified atom stereocenters. The van der Waals surface area contributed by atoms with Gasteiger partial charge >= 0.3 is 18.1 Å². The van der Waals surface area contributed by atoms with Crippen LogP contribution in [0, 0.1) is 11.6 Å². The fourth-order valence-corrected chi connectivity index (χ4v) is 4.89. The summed E-state index contributed by atoms with van der Waals surface area (Å²) in [5, 5.41) is 20.0. The molecule has 5 rings (SSSR count). The first-order valence-corrected chi connectivity index (χ1v) is 11.2. The molecule has 0 aliphatic carbocycles. The Morgan fingerprint density at radius 1 is 1.11 bits per heavy atom. The summed E-state index contributed by atoms with van der Waals surface area (Å²) in [6.07, 6.45) is -1.50. The van der Waals surface area contributed by atoms with Crippen molar-refractivity contribution < 1.29 is 37.7 Å². The second-order valence-corrected chi connectivity index (χ2v) is 8.72. The third-order valence-electron chi connectivity index (χ3n) is 6.27. The molecule has 1 aliphatic heterocycles. The van der Waals surface area contributed by atoms with Crippen LogP contribution in [0.4, 0.5) is 19.6 Å². The summed E-state index contributed by atoms with van der Waals surface area (Å²) in [6.45, 7) is -0.965. The van der Waals surface area contributed by atoms with Crippen LogP contribution in [0.25, 0.3) is 11.1 Å². The zero-order valence-electron chi connectivity index (χ0n) is 18.5. The molecule has 0 saturated carbocycles. The summed E-state index contributed by atoms with van der Waals surface area (Å²) in [7, 11) is 0. The van der Waals surface area contributed by atoms with Gasteiger partial charge in [0.1, 0.15) is 17.8 Å². The highest BCUT2D eigenvalue weighted by Crippen LogP contribution is 2.48. The molecule has 0 fully saturated rings. The molecule has 8 nitrogen and oxygen atoms in total. The van der Waals surface area contributed by atoms with E-state index in [-0.39, 0.29) is 46.4 Å². The van der Waals surface area contributed by atoms with Gasteiger partial charge in [-0.3, -0.25) is 0 Å². The van der Waals surface area contributed by atoms with Crippen LogP contribution in [0.2, 0.25) is 5.02 Å². The van der Waals surface area contributed by atoms with Crippen LogP contribution in [0.15, 0.2) is 59.0 Å². The highest BCUT2D eigenvalue weighted by atomic mass is 35.5. The van der Waals surface area contributed by atoms with Crippen molar-refractivity contribution in [3.63, 3.8) is 0 Å². The summed E-state index contributed by atoms with van der Waals surface area (Å²) in [4.78, 5) is 28.7. The number of hydrogen-bond acceptors (Lipinski definition) is 5. The number of quaternary nitrogens is 1. The Labute approximate surface area is 207 Å². The number of rotatable bonds is 5. The maximum absolute atomic E-state index is 14.9. The average molecular weight is 516 g/mol. The number of benzene rings is 3. The number of carboxylic acid groups (broad SMARTS) is 2. The number of carbonyl (C=O) groups is 2. The van der Waals surface area contributed by atoms with Crippen LogP contribution < -0.4 is 9.22 Å². The lowest BCUT2D eigenvalue weighted by Crippen LogP contribution is -2.60. The van der Waals surface area contributed by atoms with Gasteiger partial charge in [-0.2, -0.15) is 9.78 Å². The lowest BCUT2D eigenvalue weighted by atomic mass is 9.85. The number of oxazole rings is 1. The molecule has 1 amide bonds. The van der Waals surface area contributed by atoms with Gasteiger partial charge in [0.05, 0.1) is 5.56 Å². The number of para-hydroxylation sites is 2. The largest absolute Gasteiger partial charge is 0.523 e. The summed E-state index contributed by atoms with van der Waals surface area (Å²) in [5.74, 6) is -3.40. The molecule has 0 radical (unpaired) electrons. The number of amides is 1. The number of aliphatic carboxylic acids is 1. The van der Waals surface area contributed by atoms with Gasteiger partial charge < -0.3 is 19.4 Å². The van der Waals surface area contributed by atoms with Gasteiger partial charge in [-0.25, -0.2) is 13.6 Å². The van der Waals surface area contributed by atoms with Crippen LogP contribution in [-0.4, -0.2) is 40.4 Å². The first-order chi connectivity index (χ1) is 17.2. The summed E-state index contributed by atoms with van der Waals surface area (Å²) in [5.41, 5.74) is 1.06. The van der Waals surface area contributed by atoms with Crippen molar-refractivity contribution in [3.8, 4) is 5.75 Å². The van der Waals surface area contributed by atoms with Gasteiger partial charge in [0.15, 0.2) is 29.9 Å². The molecule has 1 aliphatic rings. The maximum Gasteiger partial charge on any atom is 0.523 e. The third-order valence-corrected chi connectivity index (χ3v) is 6.50. The number of hydrogen-bond donors (Lipinski definition) is 2. The van der Waals surface area contributed by atoms with Crippen molar-refractivity contribution in [1.29, 1.82) is 0 Å². The zero-order chi connectivity index (χ0) is 25.6. The Hall–Kier alpha value is -4.02. The van der Waals surface area contributed by atoms with E-state index in [0.717, 1.165) is 6.07 Å². The number of halogens is 3. The standard InChI is InChI=1S/C25H17ClF2N2O6/c26-13-5-8-19(35-12-21(31)32)16(11-13)23-15-6-7-17(27)22(28)14(15)9-10-30(23,25(33)34)24-29-18-3-1-2-4-20(18)36-24/h1-8,11,23H,9-10,12H2,(H-,31,32,33,34)/p+1/t23?,30-/m0/s1. The Morgan fingerprint density at radius 3 is 2.61 bits per heavy atom. The van der Waals surface area contributed by atoms with Crippen LogP contribution in [-0.2, 0) is 11.2 Å². The normalized spacial score (nSPS) is 19.1. The van der Waals surface area contributed by atoms with Crippen molar-refractivity contribution in [2.75, 3.05) is 13.2 Å². The van der Waals surface area contributed by atoms with E-state index in [9.17, 15) is 23.5 Å². The molecule has 0 bridgehead atoms. The van der Waals surface area contributed by atoms with Crippen LogP contribution in [0.3, 0.4) is 0 Å². The molecule has 1 aromatic heterocycles. The topological polar surface area (TPSA) is 110 Å². The first kappa shape index (κ1) is 23.7. The van der Waals surface area contributed by atoms with Crippen molar-refractivity contribution in [2.24, 2.45) is 0 Å². The monoisotopic (exact) mass is 515 g/mol. The van der Waals surface area contributed by atoms with Crippen LogP contribution in [0.5, 0.6) is 5.75 Å². The predicted molar refractivity (Wildman–Crippen MR) is 125 cm³/mol. The Kier molecular flexibility index (Phi) is 5.85. The lowest BCUT2D eigenvalue weighted by molar-refractivity contribution is -0.139. The molecule has 3 aromatic carbocycles. The molecule has 2 heterocycles. The average Bonchev–Trinajstić information content (AvgIpc) is 3.29. The summed E-state index contributed by atoms with van der Waals surface area (Å²) in [6, 6.07) is 11.7. The van der Waals surface area contributed by atoms with Gasteiger partial charge in [0, 0.05) is 22.6 Å². The van der Waals surface area contributed by atoms with E-state index in [4.69, 9.17) is 25.9 Å². The van der Waals surface area contributed by atoms with E-state index in [0.29, 0.717) is 11.1 Å². The molecule has 2 atom stereocenters. The number of aromatic nitrogens is 1. The van der Waals surface area contributed by atoms with Crippen molar-refractivity contribution in [1.82, 2.24) is 9.47 Å². The Balaban J connectivity index is 1.83. The quantitative estimate of drug-likeness (QED) is 0.335. The van der Waals surface area contributed by atoms with Gasteiger partial charge in [0.25, 0.3) is 0 Å². The fraction of sp³-hybridized carbons (Fsp3) is 0.160. The maximum atomic E-state index is 14.9. The van der Waals surface area contributed by atoms with E-state index < -0.39 is 40.8 Å². The molecule has 4 aromatic rings. The van der Waals surface area contributed by atoms with E-state index in [2.05, 4.69) is 4.98 Å². The number of fused-ring (bicyclic) bond motifs is 2. The summed E-state index contributed by atoms with van der Waals surface area (Å²) >= 11 is 6.27. The van der Waals surface area contributed by atoms with E-state index in [1.54, 1.807) is 24.3 Å². The van der Waals surface area contributed by atoms with Gasteiger partial charge in [0.2, 0.25) is 0 Å². The molecule has 11 heteroatoms. The van der Waals surface area contributed by atoms with Gasteiger partial charge in [-0.05, 0) is 42.5 Å². The number of nitrogens with zero attached hydrogens (tertiary/aromatic N) is 2. The number of carboxylic acids is 1.